The van der Waals surface area contributed by atoms with Crippen molar-refractivity contribution in [3.63, 3.8) is 0 Å². The monoisotopic (exact) mass is 276 g/mol. The van der Waals surface area contributed by atoms with E-state index < -0.39 is 0 Å². The number of hydrogen-bond acceptors (Lipinski definition) is 4. The molecule has 0 aliphatic heterocycles. The van der Waals surface area contributed by atoms with Crippen molar-refractivity contribution in [3.8, 4) is 0 Å². The van der Waals surface area contributed by atoms with E-state index in [1.807, 2.05) is 41.6 Å². The van der Waals surface area contributed by atoms with Crippen LogP contribution in [0.2, 0.25) is 0 Å². The summed E-state index contributed by atoms with van der Waals surface area (Å²) < 4.78 is 4.10. The van der Waals surface area contributed by atoms with Crippen molar-refractivity contribution < 1.29 is 0 Å². The smallest absolute Gasteiger partial charge is 0.193 e. The summed E-state index contributed by atoms with van der Waals surface area (Å²) in [6, 6.07) is 0. The fourth-order valence-electron chi connectivity index (χ4n) is 1.68. The highest BCUT2D eigenvalue weighted by molar-refractivity contribution is 7.15. The van der Waals surface area contributed by atoms with Gasteiger partial charge in [0, 0.05) is 28.8 Å². The van der Waals surface area contributed by atoms with Gasteiger partial charge in [-0.15, -0.1) is 22.7 Å². The molecule has 6 heteroatoms. The van der Waals surface area contributed by atoms with Gasteiger partial charge in [0.05, 0.1) is 11.9 Å². The maximum absolute atomic E-state index is 4.25. The summed E-state index contributed by atoms with van der Waals surface area (Å²) in [4.78, 5) is 10.5. The molecule has 0 amide bonds. The average molecular weight is 276 g/mol. The van der Waals surface area contributed by atoms with Gasteiger partial charge in [-0.2, -0.15) is 0 Å². The lowest BCUT2D eigenvalue weighted by molar-refractivity contribution is 1.10. The number of nitrogens with zero attached hydrogens (tertiary/aromatic N) is 4. The summed E-state index contributed by atoms with van der Waals surface area (Å²) in [5.74, 6) is 0. The third-order valence-corrected chi connectivity index (χ3v) is 4.32. The van der Waals surface area contributed by atoms with Crippen LogP contribution >= 0.6 is 22.7 Å². The first-order valence-corrected chi connectivity index (χ1v) is 7.25. The van der Waals surface area contributed by atoms with E-state index in [1.54, 1.807) is 22.7 Å². The first kappa shape index (κ1) is 11.4. The number of hydrogen-bond donors (Lipinski definition) is 0. The minimum atomic E-state index is 1.08. The Kier molecular flexibility index (Phi) is 2.89. The van der Waals surface area contributed by atoms with Crippen LogP contribution in [0.25, 0.3) is 9.79 Å². The van der Waals surface area contributed by atoms with Crippen LogP contribution in [0.1, 0.15) is 11.4 Å². The molecule has 0 fully saturated rings. The average Bonchev–Trinajstić information content (AvgIpc) is 3.02. The fourth-order valence-corrected chi connectivity index (χ4v) is 3.26. The SMILES string of the molecule is Cc1cn2ccsc2n1.Cc1csc2cncn12. The molecular weight excluding hydrogens is 264 g/mol. The van der Waals surface area contributed by atoms with Crippen LogP contribution in [0.3, 0.4) is 0 Å². The summed E-state index contributed by atoms with van der Waals surface area (Å²) >= 11 is 3.38. The van der Waals surface area contributed by atoms with Crippen LogP contribution in [0.5, 0.6) is 0 Å². The Morgan fingerprint density at radius 2 is 2.11 bits per heavy atom. The summed E-state index contributed by atoms with van der Waals surface area (Å²) in [5, 5.41) is 4.15. The van der Waals surface area contributed by atoms with Crippen molar-refractivity contribution in [2.75, 3.05) is 0 Å². The van der Waals surface area contributed by atoms with Crippen LogP contribution in [0, 0.1) is 13.8 Å². The molecule has 0 atom stereocenters. The lowest BCUT2D eigenvalue weighted by Gasteiger charge is -1.82. The van der Waals surface area contributed by atoms with E-state index in [9.17, 15) is 0 Å². The molecule has 4 aromatic rings. The second-order valence-electron chi connectivity index (χ2n) is 3.95. The Labute approximate surface area is 112 Å². The third kappa shape index (κ3) is 2.04. The van der Waals surface area contributed by atoms with Crippen molar-refractivity contribution in [1.82, 2.24) is 18.8 Å². The highest BCUT2D eigenvalue weighted by Gasteiger charge is 1.95. The fraction of sp³-hybridized carbons (Fsp3) is 0.167. The molecule has 4 nitrogen and oxygen atoms in total. The van der Waals surface area contributed by atoms with Gasteiger partial charge in [0.15, 0.2) is 4.96 Å². The molecule has 0 saturated carbocycles. The van der Waals surface area contributed by atoms with E-state index in [4.69, 9.17) is 0 Å². The second-order valence-corrected chi connectivity index (χ2v) is 5.72. The quantitative estimate of drug-likeness (QED) is 0.493. The molecule has 0 radical (unpaired) electrons. The number of aromatic nitrogens is 4. The van der Waals surface area contributed by atoms with Gasteiger partial charge in [0.2, 0.25) is 0 Å². The predicted molar refractivity (Wildman–Crippen MR) is 75.6 cm³/mol. The van der Waals surface area contributed by atoms with Gasteiger partial charge in [-0.3, -0.25) is 8.80 Å². The Hall–Kier alpha value is -1.66. The largest absolute Gasteiger partial charge is 0.297 e. The van der Waals surface area contributed by atoms with Crippen molar-refractivity contribution >= 4 is 32.5 Å². The first-order chi connectivity index (χ1) is 8.74. The zero-order valence-electron chi connectivity index (χ0n) is 10.1. The maximum Gasteiger partial charge on any atom is 0.193 e. The van der Waals surface area contributed by atoms with Gasteiger partial charge in [-0.1, -0.05) is 0 Å². The lowest BCUT2D eigenvalue weighted by Crippen LogP contribution is -1.77. The van der Waals surface area contributed by atoms with E-state index in [0.29, 0.717) is 0 Å². The molecule has 4 heterocycles. The molecule has 0 aliphatic rings. The summed E-state index contributed by atoms with van der Waals surface area (Å²) in [5.41, 5.74) is 2.34. The molecule has 0 unspecified atom stereocenters. The second kappa shape index (κ2) is 4.55. The molecule has 0 saturated heterocycles. The van der Waals surface area contributed by atoms with Gasteiger partial charge in [0.25, 0.3) is 0 Å². The van der Waals surface area contributed by atoms with E-state index >= 15 is 0 Å². The van der Waals surface area contributed by atoms with E-state index in [1.165, 1.54) is 10.5 Å². The first-order valence-electron chi connectivity index (χ1n) is 5.49. The van der Waals surface area contributed by atoms with Crippen LogP contribution in [0.4, 0.5) is 0 Å². The van der Waals surface area contributed by atoms with Crippen molar-refractivity contribution in [3.05, 3.63) is 47.1 Å². The standard InChI is InChI=1S/2C6H6N2S/c1-5-3-9-6-2-7-4-8(5)6;1-5-4-8-2-3-9-6(8)7-5/h2*2-4H,1H3. The summed E-state index contributed by atoms with van der Waals surface area (Å²) in [6.45, 7) is 4.07. The molecule has 4 aromatic heterocycles. The summed E-state index contributed by atoms with van der Waals surface area (Å²) in [6.07, 6.45) is 7.74. The number of imidazole rings is 2. The van der Waals surface area contributed by atoms with Crippen LogP contribution in [-0.2, 0) is 0 Å². The van der Waals surface area contributed by atoms with Crippen molar-refractivity contribution in [1.29, 1.82) is 0 Å². The number of thiazole rings is 2. The number of aryl methyl sites for hydroxylation is 2. The van der Waals surface area contributed by atoms with E-state index in [-0.39, 0.29) is 0 Å². The van der Waals surface area contributed by atoms with Gasteiger partial charge in [-0.25, -0.2) is 9.97 Å². The molecule has 0 bridgehead atoms. The van der Waals surface area contributed by atoms with Crippen LogP contribution in [0.15, 0.2) is 35.7 Å². The minimum absolute atomic E-state index is 1.08. The number of rotatable bonds is 0. The third-order valence-electron chi connectivity index (χ3n) is 2.55. The zero-order valence-corrected chi connectivity index (χ0v) is 11.7. The molecule has 92 valence electrons. The van der Waals surface area contributed by atoms with E-state index in [2.05, 4.69) is 26.7 Å². The molecule has 0 N–H and O–H groups in total. The lowest BCUT2D eigenvalue weighted by atomic mass is 10.6. The van der Waals surface area contributed by atoms with Crippen LogP contribution < -0.4 is 0 Å². The molecule has 0 spiro atoms. The van der Waals surface area contributed by atoms with Crippen molar-refractivity contribution in [2.45, 2.75) is 13.8 Å². The van der Waals surface area contributed by atoms with Gasteiger partial charge in [-0.05, 0) is 13.8 Å². The van der Waals surface area contributed by atoms with E-state index in [0.717, 1.165) is 10.7 Å². The molecule has 18 heavy (non-hydrogen) atoms. The maximum atomic E-state index is 4.25. The minimum Gasteiger partial charge on any atom is -0.297 e. The highest BCUT2D eigenvalue weighted by Crippen LogP contribution is 2.13. The van der Waals surface area contributed by atoms with Gasteiger partial charge in [0.1, 0.15) is 11.2 Å². The topological polar surface area (TPSA) is 34.6 Å². The highest BCUT2D eigenvalue weighted by atomic mass is 32.1. The zero-order chi connectivity index (χ0) is 12.5. The normalized spacial score (nSPS) is 10.8. The molecule has 0 aliphatic carbocycles. The van der Waals surface area contributed by atoms with Crippen molar-refractivity contribution in [2.24, 2.45) is 0 Å². The van der Waals surface area contributed by atoms with Gasteiger partial charge < -0.3 is 0 Å². The number of fused-ring (bicyclic) bond motifs is 2. The molecule has 0 aromatic carbocycles. The van der Waals surface area contributed by atoms with Gasteiger partial charge >= 0.3 is 0 Å². The Balaban J connectivity index is 0.000000111. The Morgan fingerprint density at radius 1 is 1.22 bits per heavy atom. The summed E-state index contributed by atoms with van der Waals surface area (Å²) in [7, 11) is 0. The Bertz CT molecular complexity index is 744. The molecule has 4 rings (SSSR count). The Morgan fingerprint density at radius 3 is 2.89 bits per heavy atom. The molecular formula is C12H12N4S2. The predicted octanol–water partition coefficient (Wildman–Crippen LogP) is 3.41. The van der Waals surface area contributed by atoms with Crippen LogP contribution in [-0.4, -0.2) is 18.8 Å².